The number of halogens is 1. The molecule has 0 radical (unpaired) electrons. The van der Waals surface area contributed by atoms with Crippen LogP contribution in [0.5, 0.6) is 5.75 Å². The summed E-state index contributed by atoms with van der Waals surface area (Å²) in [5, 5.41) is 12.2. The van der Waals surface area contributed by atoms with Crippen LogP contribution in [0.2, 0.25) is 0 Å². The Hall–Kier alpha value is -0.580. The first kappa shape index (κ1) is 12.5. The van der Waals surface area contributed by atoms with Gasteiger partial charge in [-0.2, -0.15) is 0 Å². The van der Waals surface area contributed by atoms with Crippen LogP contribution >= 0.6 is 15.9 Å². The summed E-state index contributed by atoms with van der Waals surface area (Å²) in [5.41, 5.74) is 1.08. The zero-order chi connectivity index (χ0) is 11.3. The zero-order valence-electron chi connectivity index (χ0n) is 8.96. The molecule has 1 rings (SSSR count). The van der Waals surface area contributed by atoms with Crippen molar-refractivity contribution in [1.29, 1.82) is 0 Å². The third kappa shape index (κ3) is 4.20. The van der Waals surface area contributed by atoms with E-state index >= 15 is 0 Å². The van der Waals surface area contributed by atoms with Gasteiger partial charge in [-0.05, 0) is 32.2 Å². The summed E-state index contributed by atoms with van der Waals surface area (Å²) in [6.07, 6.45) is -0.448. The molecule has 84 valence electrons. The van der Waals surface area contributed by atoms with Gasteiger partial charge in [0.1, 0.15) is 12.4 Å². The van der Waals surface area contributed by atoms with E-state index in [0.29, 0.717) is 6.61 Å². The van der Waals surface area contributed by atoms with Crippen LogP contribution in [0.25, 0.3) is 0 Å². The molecule has 0 aliphatic rings. The summed E-state index contributed by atoms with van der Waals surface area (Å²) in [6.45, 7) is 2.77. The van der Waals surface area contributed by atoms with E-state index in [1.165, 1.54) is 0 Å². The maximum atomic E-state index is 9.14. The quantitative estimate of drug-likeness (QED) is 0.862. The molecular weight excluding hydrogens is 258 g/mol. The molecule has 0 spiro atoms. The van der Waals surface area contributed by atoms with Crippen LogP contribution in [0, 0.1) is 0 Å². The van der Waals surface area contributed by atoms with E-state index in [1.807, 2.05) is 25.2 Å². The summed E-state index contributed by atoms with van der Waals surface area (Å²) in [7, 11) is 1.89. The molecule has 0 saturated carbocycles. The minimum absolute atomic E-state index is 0.318. The average molecular weight is 274 g/mol. The molecule has 1 unspecified atom stereocenters. The molecule has 4 heteroatoms. The summed E-state index contributed by atoms with van der Waals surface area (Å²) >= 11 is 3.41. The van der Waals surface area contributed by atoms with Crippen molar-refractivity contribution in [3.05, 3.63) is 28.2 Å². The van der Waals surface area contributed by atoms with Crippen molar-refractivity contribution in [1.82, 2.24) is 5.32 Å². The molecule has 3 nitrogen and oxygen atoms in total. The fourth-order valence-electron chi connectivity index (χ4n) is 1.23. The standard InChI is InChI=1S/C11H16BrNO2/c1-8(14)7-15-11-4-3-10(12)5-9(11)6-13-2/h3-5,8,13-14H,6-7H2,1-2H3. The predicted octanol–water partition coefficient (Wildman–Crippen LogP) is 1.93. The van der Waals surface area contributed by atoms with Gasteiger partial charge in [-0.3, -0.25) is 0 Å². The highest BCUT2D eigenvalue weighted by atomic mass is 79.9. The molecule has 0 fully saturated rings. The number of aliphatic hydroxyl groups excluding tert-OH is 1. The van der Waals surface area contributed by atoms with Gasteiger partial charge in [0.2, 0.25) is 0 Å². The number of aliphatic hydroxyl groups is 1. The molecule has 15 heavy (non-hydrogen) atoms. The summed E-state index contributed by atoms with van der Waals surface area (Å²) in [4.78, 5) is 0. The molecule has 2 N–H and O–H groups in total. The van der Waals surface area contributed by atoms with E-state index < -0.39 is 6.10 Å². The summed E-state index contributed by atoms with van der Waals surface area (Å²) < 4.78 is 6.52. The molecule has 0 aliphatic carbocycles. The highest BCUT2D eigenvalue weighted by molar-refractivity contribution is 9.10. The molecule has 1 aromatic carbocycles. The van der Waals surface area contributed by atoms with Crippen molar-refractivity contribution in [2.45, 2.75) is 19.6 Å². The van der Waals surface area contributed by atoms with Crippen molar-refractivity contribution in [2.24, 2.45) is 0 Å². The fraction of sp³-hybridized carbons (Fsp3) is 0.455. The van der Waals surface area contributed by atoms with Gasteiger partial charge < -0.3 is 15.2 Å². The Bertz CT molecular complexity index is 315. The van der Waals surface area contributed by atoms with Gasteiger partial charge in [-0.25, -0.2) is 0 Å². The lowest BCUT2D eigenvalue weighted by atomic mass is 10.2. The number of ether oxygens (including phenoxy) is 1. The van der Waals surface area contributed by atoms with Gasteiger partial charge in [-0.15, -0.1) is 0 Å². The Morgan fingerprint density at radius 3 is 2.87 bits per heavy atom. The number of rotatable bonds is 5. The van der Waals surface area contributed by atoms with Crippen LogP contribution in [-0.4, -0.2) is 24.9 Å². The lowest BCUT2D eigenvalue weighted by molar-refractivity contribution is 0.122. The van der Waals surface area contributed by atoms with E-state index in [-0.39, 0.29) is 0 Å². The normalized spacial score (nSPS) is 12.5. The number of nitrogens with one attached hydrogen (secondary N) is 1. The highest BCUT2D eigenvalue weighted by Crippen LogP contribution is 2.23. The van der Waals surface area contributed by atoms with Crippen LogP contribution < -0.4 is 10.1 Å². The molecular formula is C11H16BrNO2. The van der Waals surface area contributed by atoms with Crippen LogP contribution in [0.4, 0.5) is 0 Å². The van der Waals surface area contributed by atoms with Crippen molar-refractivity contribution in [3.63, 3.8) is 0 Å². The number of hydrogen-bond donors (Lipinski definition) is 2. The van der Waals surface area contributed by atoms with Crippen molar-refractivity contribution >= 4 is 15.9 Å². The van der Waals surface area contributed by atoms with E-state index in [1.54, 1.807) is 6.92 Å². The highest BCUT2D eigenvalue weighted by Gasteiger charge is 2.05. The zero-order valence-corrected chi connectivity index (χ0v) is 10.5. The van der Waals surface area contributed by atoms with Gasteiger partial charge in [-0.1, -0.05) is 15.9 Å². The molecule has 0 aliphatic heterocycles. The molecule has 0 bridgehead atoms. The van der Waals surface area contributed by atoms with Crippen molar-refractivity contribution in [2.75, 3.05) is 13.7 Å². The lowest BCUT2D eigenvalue weighted by Gasteiger charge is -2.12. The average Bonchev–Trinajstić information content (AvgIpc) is 2.17. The van der Waals surface area contributed by atoms with Crippen LogP contribution in [-0.2, 0) is 6.54 Å². The Balaban J connectivity index is 2.76. The van der Waals surface area contributed by atoms with Gasteiger partial charge in [0, 0.05) is 16.6 Å². The van der Waals surface area contributed by atoms with Crippen LogP contribution in [0.1, 0.15) is 12.5 Å². The lowest BCUT2D eigenvalue weighted by Crippen LogP contribution is -2.15. The van der Waals surface area contributed by atoms with Gasteiger partial charge in [0.15, 0.2) is 0 Å². The molecule has 0 saturated heterocycles. The van der Waals surface area contributed by atoms with E-state index in [0.717, 1.165) is 22.3 Å². The van der Waals surface area contributed by atoms with Crippen molar-refractivity contribution < 1.29 is 9.84 Å². The molecule has 1 aromatic rings. The van der Waals surface area contributed by atoms with Gasteiger partial charge in [0.25, 0.3) is 0 Å². The Kier molecular flexibility index (Phi) is 5.08. The number of hydrogen-bond acceptors (Lipinski definition) is 3. The Morgan fingerprint density at radius 2 is 2.27 bits per heavy atom. The van der Waals surface area contributed by atoms with Crippen LogP contribution in [0.3, 0.4) is 0 Å². The summed E-state index contributed by atoms with van der Waals surface area (Å²) in [6, 6.07) is 5.84. The van der Waals surface area contributed by atoms with E-state index in [9.17, 15) is 0 Å². The SMILES string of the molecule is CNCc1cc(Br)ccc1OCC(C)O. The second kappa shape index (κ2) is 6.10. The minimum atomic E-state index is -0.448. The molecule has 0 amide bonds. The van der Waals surface area contributed by atoms with Crippen LogP contribution in [0.15, 0.2) is 22.7 Å². The second-order valence-electron chi connectivity index (χ2n) is 3.44. The predicted molar refractivity (Wildman–Crippen MR) is 64.1 cm³/mol. The van der Waals surface area contributed by atoms with Gasteiger partial charge in [0.05, 0.1) is 6.10 Å². The van der Waals surface area contributed by atoms with Crippen molar-refractivity contribution in [3.8, 4) is 5.75 Å². The van der Waals surface area contributed by atoms with E-state index in [4.69, 9.17) is 9.84 Å². The summed E-state index contributed by atoms with van der Waals surface area (Å²) in [5.74, 6) is 0.813. The minimum Gasteiger partial charge on any atom is -0.491 e. The first-order valence-electron chi connectivity index (χ1n) is 4.87. The maximum absolute atomic E-state index is 9.14. The first-order chi connectivity index (χ1) is 7.13. The Labute approximate surface area is 98.6 Å². The molecule has 0 aromatic heterocycles. The third-order valence-electron chi connectivity index (χ3n) is 1.87. The number of benzene rings is 1. The second-order valence-corrected chi connectivity index (χ2v) is 4.36. The largest absolute Gasteiger partial charge is 0.491 e. The van der Waals surface area contributed by atoms with E-state index in [2.05, 4.69) is 21.2 Å². The monoisotopic (exact) mass is 273 g/mol. The van der Waals surface area contributed by atoms with Gasteiger partial charge >= 0.3 is 0 Å². The molecule has 0 heterocycles. The molecule has 1 atom stereocenters. The first-order valence-corrected chi connectivity index (χ1v) is 5.66. The Morgan fingerprint density at radius 1 is 1.53 bits per heavy atom. The topological polar surface area (TPSA) is 41.5 Å². The smallest absolute Gasteiger partial charge is 0.124 e. The third-order valence-corrected chi connectivity index (χ3v) is 2.36. The fourth-order valence-corrected chi connectivity index (χ4v) is 1.64. The maximum Gasteiger partial charge on any atom is 0.124 e.